The molecule has 7 nitrogen and oxygen atoms in total. The van der Waals surface area contributed by atoms with Gasteiger partial charge >= 0.3 is 11.9 Å². The monoisotopic (exact) mass is 306 g/mol. The van der Waals surface area contributed by atoms with Gasteiger partial charge in [0.05, 0.1) is 26.4 Å². The highest BCUT2D eigenvalue weighted by Crippen LogP contribution is 2.43. The third kappa shape index (κ3) is 2.94. The molecule has 3 atom stereocenters. The van der Waals surface area contributed by atoms with Crippen LogP contribution < -0.4 is 0 Å². The molecule has 0 aromatic carbocycles. The van der Waals surface area contributed by atoms with Gasteiger partial charge < -0.3 is 9.47 Å². The maximum Gasteiger partial charge on any atom is 0.328 e. The Morgan fingerprint density at radius 3 is 2.41 bits per heavy atom. The summed E-state index contributed by atoms with van der Waals surface area (Å²) < 4.78 is 9.19. The number of rotatable bonds is 4. The topological polar surface area (TPSA) is 117 Å². The van der Waals surface area contributed by atoms with Crippen molar-refractivity contribution in [3.05, 3.63) is 0 Å². The second kappa shape index (κ2) is 7.56. The Hall–Kier alpha value is -2.41. The van der Waals surface area contributed by atoms with E-state index in [1.54, 1.807) is 12.1 Å². The second-order valence-corrected chi connectivity index (χ2v) is 5.18. The van der Waals surface area contributed by atoms with Crippen molar-refractivity contribution in [3.8, 4) is 12.1 Å². The number of hydrogen-bond acceptors (Lipinski definition) is 7. The molecule has 1 fully saturated rings. The molecule has 3 unspecified atom stereocenters. The summed E-state index contributed by atoms with van der Waals surface area (Å²) in [6.45, 7) is 0. The van der Waals surface area contributed by atoms with Crippen LogP contribution >= 0.6 is 0 Å². The highest BCUT2D eigenvalue weighted by molar-refractivity contribution is 5.96. The Balaban J connectivity index is 3.47. The fourth-order valence-electron chi connectivity index (χ4n) is 2.92. The van der Waals surface area contributed by atoms with Gasteiger partial charge in [-0.1, -0.05) is 12.8 Å². The van der Waals surface area contributed by atoms with Crippen LogP contribution in [0, 0.1) is 39.9 Å². The van der Waals surface area contributed by atoms with Gasteiger partial charge in [0.2, 0.25) is 0 Å². The van der Waals surface area contributed by atoms with Crippen molar-refractivity contribution in [1.82, 2.24) is 0 Å². The molecule has 1 aliphatic carbocycles. The first-order valence-corrected chi connectivity index (χ1v) is 6.99. The number of methoxy groups -OCH3 is 2. The Morgan fingerprint density at radius 2 is 1.91 bits per heavy atom. The number of nitrogens with zero attached hydrogens (tertiary/aromatic N) is 2. The smallest absolute Gasteiger partial charge is 0.328 e. The molecule has 0 aliphatic heterocycles. The minimum absolute atomic E-state index is 0.213. The first kappa shape index (κ1) is 17.6. The van der Waals surface area contributed by atoms with Gasteiger partial charge in [0.15, 0.2) is 11.3 Å². The van der Waals surface area contributed by atoms with Gasteiger partial charge in [0.1, 0.15) is 5.78 Å². The fraction of sp³-hybridized carbons (Fsp3) is 0.667. The Bertz CT molecular complexity index is 545. The SMILES string of the molecule is COC(=O)C(C#N)C(C#N)(C(=O)OC)C1CCCCCC1=O. The zero-order valence-electron chi connectivity index (χ0n) is 12.6. The number of ketones is 1. The molecule has 0 radical (unpaired) electrons. The van der Waals surface area contributed by atoms with Crippen LogP contribution in [0.4, 0.5) is 0 Å². The van der Waals surface area contributed by atoms with Crippen molar-refractivity contribution in [2.75, 3.05) is 14.2 Å². The molecule has 0 N–H and O–H groups in total. The molecular formula is C15H18N2O5. The van der Waals surface area contributed by atoms with Crippen molar-refractivity contribution in [1.29, 1.82) is 10.5 Å². The van der Waals surface area contributed by atoms with Crippen LogP contribution in [0.2, 0.25) is 0 Å². The molecular weight excluding hydrogens is 288 g/mol. The number of esters is 2. The minimum atomic E-state index is -2.17. The van der Waals surface area contributed by atoms with Crippen LogP contribution in [0.15, 0.2) is 0 Å². The second-order valence-electron chi connectivity index (χ2n) is 5.18. The third-order valence-corrected chi connectivity index (χ3v) is 4.08. The summed E-state index contributed by atoms with van der Waals surface area (Å²) in [5.41, 5.74) is -2.17. The van der Waals surface area contributed by atoms with Crippen LogP contribution in [0.3, 0.4) is 0 Å². The summed E-state index contributed by atoms with van der Waals surface area (Å²) in [5.74, 6) is -5.12. The summed E-state index contributed by atoms with van der Waals surface area (Å²) >= 11 is 0. The Morgan fingerprint density at radius 1 is 1.23 bits per heavy atom. The van der Waals surface area contributed by atoms with Crippen LogP contribution in [-0.4, -0.2) is 31.9 Å². The number of carbonyl (C=O) groups excluding carboxylic acids is 3. The zero-order valence-corrected chi connectivity index (χ0v) is 12.6. The molecule has 0 saturated heterocycles. The maximum absolute atomic E-state index is 12.4. The largest absolute Gasteiger partial charge is 0.468 e. The lowest BCUT2D eigenvalue weighted by Crippen LogP contribution is -2.50. The number of carbonyl (C=O) groups is 3. The summed E-state index contributed by atoms with van der Waals surface area (Å²) in [7, 11) is 2.11. The molecule has 0 heterocycles. The van der Waals surface area contributed by atoms with E-state index in [9.17, 15) is 24.9 Å². The zero-order chi connectivity index (χ0) is 16.8. The van der Waals surface area contributed by atoms with Gasteiger partial charge in [0, 0.05) is 12.3 Å². The Labute approximate surface area is 128 Å². The van der Waals surface area contributed by atoms with Gasteiger partial charge in [-0.15, -0.1) is 0 Å². The molecule has 0 spiro atoms. The van der Waals surface area contributed by atoms with Crippen LogP contribution in [0.5, 0.6) is 0 Å². The normalized spacial score (nSPS) is 22.2. The van der Waals surface area contributed by atoms with Crippen LogP contribution in [0.25, 0.3) is 0 Å². The molecule has 22 heavy (non-hydrogen) atoms. The average molecular weight is 306 g/mol. The predicted molar refractivity (Wildman–Crippen MR) is 72.8 cm³/mol. The first-order valence-electron chi connectivity index (χ1n) is 6.99. The molecule has 1 saturated carbocycles. The quantitative estimate of drug-likeness (QED) is 0.564. The van der Waals surface area contributed by atoms with Gasteiger partial charge in [-0.25, -0.2) is 0 Å². The van der Waals surface area contributed by atoms with Crippen molar-refractivity contribution in [3.63, 3.8) is 0 Å². The van der Waals surface area contributed by atoms with Crippen molar-refractivity contribution >= 4 is 17.7 Å². The molecule has 1 rings (SSSR count). The van der Waals surface area contributed by atoms with Gasteiger partial charge in [0.25, 0.3) is 0 Å². The minimum Gasteiger partial charge on any atom is -0.468 e. The van der Waals surface area contributed by atoms with E-state index in [1.165, 1.54) is 0 Å². The van der Waals surface area contributed by atoms with Crippen LogP contribution in [-0.2, 0) is 23.9 Å². The lowest BCUT2D eigenvalue weighted by Gasteiger charge is -2.32. The third-order valence-electron chi connectivity index (χ3n) is 4.08. The molecule has 0 aromatic rings. The van der Waals surface area contributed by atoms with E-state index < -0.39 is 29.2 Å². The molecule has 1 aliphatic rings. The van der Waals surface area contributed by atoms with Crippen LogP contribution in [0.1, 0.15) is 32.1 Å². The fourth-order valence-corrected chi connectivity index (χ4v) is 2.92. The average Bonchev–Trinajstić information content (AvgIpc) is 2.76. The summed E-state index contributed by atoms with van der Waals surface area (Å²) in [4.78, 5) is 36.5. The Kier molecular flexibility index (Phi) is 6.06. The number of Topliss-reactive ketones (excluding diaryl/α,β-unsaturated/α-hetero) is 1. The van der Waals surface area contributed by atoms with E-state index in [1.807, 2.05) is 0 Å². The van der Waals surface area contributed by atoms with Crippen molar-refractivity contribution in [2.45, 2.75) is 32.1 Å². The lowest BCUT2D eigenvalue weighted by atomic mass is 9.64. The molecule has 7 heteroatoms. The molecule has 0 amide bonds. The van der Waals surface area contributed by atoms with E-state index in [2.05, 4.69) is 9.47 Å². The number of hydrogen-bond donors (Lipinski definition) is 0. The lowest BCUT2D eigenvalue weighted by molar-refractivity contribution is -0.165. The molecule has 0 bridgehead atoms. The summed E-state index contributed by atoms with van der Waals surface area (Å²) in [6.07, 6.45) is 2.56. The summed E-state index contributed by atoms with van der Waals surface area (Å²) in [6, 6.07) is 3.39. The highest BCUT2D eigenvalue weighted by Gasteiger charge is 2.59. The van der Waals surface area contributed by atoms with E-state index in [4.69, 9.17) is 0 Å². The van der Waals surface area contributed by atoms with Gasteiger partial charge in [-0.05, 0) is 12.8 Å². The maximum atomic E-state index is 12.4. The van der Waals surface area contributed by atoms with Crippen molar-refractivity contribution in [2.24, 2.45) is 17.3 Å². The molecule has 118 valence electrons. The number of ether oxygens (including phenoxy) is 2. The standard InChI is InChI=1S/C15H18N2O5/c1-21-13(19)11(8-16)15(9-17,14(20)22-2)10-6-4-3-5-7-12(10)18/h10-11H,3-7H2,1-2H3. The van der Waals surface area contributed by atoms with E-state index in [0.717, 1.165) is 20.6 Å². The van der Waals surface area contributed by atoms with Gasteiger partial charge in [-0.2, -0.15) is 10.5 Å². The van der Waals surface area contributed by atoms with E-state index >= 15 is 0 Å². The highest BCUT2D eigenvalue weighted by atomic mass is 16.5. The number of nitriles is 2. The van der Waals surface area contributed by atoms with Gasteiger partial charge in [-0.3, -0.25) is 14.4 Å². The van der Waals surface area contributed by atoms with E-state index in [0.29, 0.717) is 12.8 Å². The van der Waals surface area contributed by atoms with E-state index in [-0.39, 0.29) is 18.6 Å². The summed E-state index contributed by atoms with van der Waals surface area (Å²) in [5, 5.41) is 18.9. The predicted octanol–water partition coefficient (Wildman–Crippen LogP) is 1.13. The molecule has 0 aromatic heterocycles. The first-order chi connectivity index (χ1) is 10.5. The van der Waals surface area contributed by atoms with Crippen molar-refractivity contribution < 1.29 is 23.9 Å².